The SMILES string of the molecule is CO[C@@H](C(=O)N[C@H]1CCCCNC1=O)[C@H](OCc1ccccc1)[C@@H](OCc1ccccc1)[C@H](O)/C=C/C(C)C. The van der Waals surface area contributed by atoms with Crippen molar-refractivity contribution in [2.45, 2.75) is 76.8 Å². The van der Waals surface area contributed by atoms with Crippen LogP contribution in [0, 0.1) is 5.92 Å². The number of rotatable bonds is 14. The van der Waals surface area contributed by atoms with E-state index in [2.05, 4.69) is 10.6 Å². The summed E-state index contributed by atoms with van der Waals surface area (Å²) in [6, 6.07) is 18.5. The lowest BCUT2D eigenvalue weighted by atomic mass is 9.99. The maximum Gasteiger partial charge on any atom is 0.252 e. The van der Waals surface area contributed by atoms with E-state index in [4.69, 9.17) is 14.2 Å². The summed E-state index contributed by atoms with van der Waals surface area (Å²) in [7, 11) is 1.42. The summed E-state index contributed by atoms with van der Waals surface area (Å²) < 4.78 is 18.3. The number of aliphatic hydroxyl groups is 1. The summed E-state index contributed by atoms with van der Waals surface area (Å²) in [6.07, 6.45) is 1.61. The molecule has 0 spiro atoms. The molecule has 5 atom stereocenters. The molecule has 0 unspecified atom stereocenters. The van der Waals surface area contributed by atoms with Gasteiger partial charge in [-0.15, -0.1) is 0 Å². The van der Waals surface area contributed by atoms with Crippen molar-refractivity contribution in [3.8, 4) is 0 Å². The van der Waals surface area contributed by atoms with Gasteiger partial charge in [-0.2, -0.15) is 0 Å². The van der Waals surface area contributed by atoms with Crippen LogP contribution >= 0.6 is 0 Å². The fourth-order valence-corrected chi connectivity index (χ4v) is 4.44. The Kier molecular flexibility index (Phi) is 12.6. The van der Waals surface area contributed by atoms with Gasteiger partial charge in [-0.05, 0) is 36.3 Å². The Morgan fingerprint density at radius 3 is 2.13 bits per heavy atom. The predicted octanol–water partition coefficient (Wildman–Crippen LogP) is 3.53. The van der Waals surface area contributed by atoms with Crippen LogP contribution in [0.25, 0.3) is 0 Å². The lowest BCUT2D eigenvalue weighted by Crippen LogP contribution is -2.56. The van der Waals surface area contributed by atoms with Crippen LogP contribution in [0.1, 0.15) is 44.2 Å². The van der Waals surface area contributed by atoms with Crippen LogP contribution in [0.4, 0.5) is 0 Å². The lowest BCUT2D eigenvalue weighted by molar-refractivity contribution is -0.174. The van der Waals surface area contributed by atoms with Crippen LogP contribution in [0.15, 0.2) is 72.8 Å². The largest absolute Gasteiger partial charge is 0.386 e. The van der Waals surface area contributed by atoms with Gasteiger partial charge in [-0.1, -0.05) is 86.7 Å². The van der Waals surface area contributed by atoms with Gasteiger partial charge < -0.3 is 30.0 Å². The summed E-state index contributed by atoms with van der Waals surface area (Å²) in [5, 5.41) is 17.0. The summed E-state index contributed by atoms with van der Waals surface area (Å²) >= 11 is 0. The van der Waals surface area contributed by atoms with E-state index in [0.29, 0.717) is 13.0 Å². The summed E-state index contributed by atoms with van der Waals surface area (Å²) in [6.45, 7) is 4.98. The number of hydrogen-bond acceptors (Lipinski definition) is 6. The van der Waals surface area contributed by atoms with E-state index in [1.807, 2.05) is 80.6 Å². The number of methoxy groups -OCH3 is 1. The Hall–Kier alpha value is -3.04. The van der Waals surface area contributed by atoms with Crippen LogP contribution in [0.5, 0.6) is 0 Å². The van der Waals surface area contributed by atoms with Gasteiger partial charge in [0.1, 0.15) is 24.4 Å². The van der Waals surface area contributed by atoms with Gasteiger partial charge in [-0.3, -0.25) is 9.59 Å². The second-order valence-electron chi connectivity index (χ2n) is 10.1. The Labute approximate surface area is 231 Å². The minimum absolute atomic E-state index is 0.175. The van der Waals surface area contributed by atoms with E-state index in [-0.39, 0.29) is 25.0 Å². The van der Waals surface area contributed by atoms with Crippen LogP contribution in [0.3, 0.4) is 0 Å². The van der Waals surface area contributed by atoms with Gasteiger partial charge in [0.15, 0.2) is 6.10 Å². The van der Waals surface area contributed by atoms with E-state index >= 15 is 0 Å². The first kappa shape index (κ1) is 30.5. The average molecular weight is 539 g/mol. The van der Waals surface area contributed by atoms with E-state index in [0.717, 1.165) is 24.0 Å². The number of carbonyl (C=O) groups is 2. The Morgan fingerprint density at radius 1 is 0.974 bits per heavy atom. The molecule has 39 heavy (non-hydrogen) atoms. The van der Waals surface area contributed by atoms with Crippen LogP contribution in [-0.4, -0.2) is 61.0 Å². The lowest BCUT2D eigenvalue weighted by Gasteiger charge is -2.34. The van der Waals surface area contributed by atoms with Crippen molar-refractivity contribution in [2.75, 3.05) is 13.7 Å². The molecular formula is C31H42N2O6. The molecule has 1 aliphatic rings. The number of carbonyl (C=O) groups excluding carboxylic acids is 2. The molecule has 3 rings (SSSR count). The van der Waals surface area contributed by atoms with Gasteiger partial charge >= 0.3 is 0 Å². The predicted molar refractivity (Wildman–Crippen MR) is 150 cm³/mol. The molecule has 3 N–H and O–H groups in total. The fraction of sp³-hybridized carbons (Fsp3) is 0.484. The molecule has 0 bridgehead atoms. The van der Waals surface area contributed by atoms with E-state index in [1.165, 1.54) is 7.11 Å². The van der Waals surface area contributed by atoms with Crippen molar-refractivity contribution < 1.29 is 28.9 Å². The molecule has 1 aliphatic heterocycles. The maximum absolute atomic E-state index is 13.6. The smallest absolute Gasteiger partial charge is 0.252 e. The maximum atomic E-state index is 13.6. The third kappa shape index (κ3) is 9.89. The van der Waals surface area contributed by atoms with Crippen LogP contribution < -0.4 is 10.6 Å². The second-order valence-corrected chi connectivity index (χ2v) is 10.1. The first-order chi connectivity index (χ1) is 18.9. The topological polar surface area (TPSA) is 106 Å². The summed E-state index contributed by atoms with van der Waals surface area (Å²) in [4.78, 5) is 26.1. The number of amides is 2. The van der Waals surface area contributed by atoms with Crippen molar-refractivity contribution in [3.05, 3.63) is 83.9 Å². The Bertz CT molecular complexity index is 1030. The molecule has 0 radical (unpaired) electrons. The molecule has 0 aliphatic carbocycles. The van der Waals surface area contributed by atoms with Crippen LogP contribution in [-0.2, 0) is 37.0 Å². The Balaban J connectivity index is 1.90. The first-order valence-electron chi connectivity index (χ1n) is 13.7. The molecule has 0 aromatic heterocycles. The molecule has 2 amide bonds. The number of aliphatic hydroxyl groups excluding tert-OH is 1. The number of ether oxygens (including phenoxy) is 3. The zero-order chi connectivity index (χ0) is 28.0. The van der Waals surface area contributed by atoms with Gasteiger partial charge in [0.2, 0.25) is 5.91 Å². The third-order valence-electron chi connectivity index (χ3n) is 6.59. The van der Waals surface area contributed by atoms with Crippen molar-refractivity contribution in [1.82, 2.24) is 10.6 Å². The second kappa shape index (κ2) is 16.2. The number of hydrogen-bond donors (Lipinski definition) is 3. The summed E-state index contributed by atoms with van der Waals surface area (Å²) in [5.74, 6) is -0.506. The quantitative estimate of drug-likeness (QED) is 0.318. The van der Waals surface area contributed by atoms with Crippen molar-refractivity contribution in [2.24, 2.45) is 5.92 Å². The highest BCUT2D eigenvalue weighted by Gasteiger charge is 2.40. The molecule has 1 fully saturated rings. The number of allylic oxidation sites excluding steroid dienone is 1. The van der Waals surface area contributed by atoms with Gasteiger partial charge in [0.05, 0.1) is 13.2 Å². The molecule has 212 valence electrons. The molecule has 2 aromatic rings. The zero-order valence-corrected chi connectivity index (χ0v) is 23.1. The van der Waals surface area contributed by atoms with Gasteiger partial charge in [-0.25, -0.2) is 0 Å². The molecular weight excluding hydrogens is 496 g/mol. The average Bonchev–Trinajstić information content (AvgIpc) is 3.15. The zero-order valence-electron chi connectivity index (χ0n) is 23.1. The fourth-order valence-electron chi connectivity index (χ4n) is 4.44. The van der Waals surface area contributed by atoms with E-state index < -0.39 is 36.4 Å². The first-order valence-corrected chi connectivity index (χ1v) is 13.7. The molecule has 8 heteroatoms. The molecule has 2 aromatic carbocycles. The number of nitrogens with one attached hydrogen (secondary N) is 2. The third-order valence-corrected chi connectivity index (χ3v) is 6.59. The normalized spacial score (nSPS) is 19.2. The highest BCUT2D eigenvalue weighted by atomic mass is 16.6. The standard InChI is InChI=1S/C31H42N2O6/c1-22(2)17-18-26(34)27(38-20-23-12-6-4-7-13-23)28(39-21-24-14-8-5-9-15-24)29(37-3)31(36)33-25-16-10-11-19-32-30(25)35/h4-9,12-15,17-18,22,25-29,34H,10-11,16,19-21H2,1-3H3,(H,32,35)(H,33,36)/b18-17+/t25-,26+,27-,28+,29+/m0/s1. The Morgan fingerprint density at radius 2 is 1.56 bits per heavy atom. The summed E-state index contributed by atoms with van der Waals surface area (Å²) in [5.41, 5.74) is 1.81. The van der Waals surface area contributed by atoms with E-state index in [1.54, 1.807) is 6.08 Å². The van der Waals surface area contributed by atoms with Gasteiger partial charge in [0, 0.05) is 13.7 Å². The van der Waals surface area contributed by atoms with Crippen molar-refractivity contribution >= 4 is 11.8 Å². The van der Waals surface area contributed by atoms with Crippen LogP contribution in [0.2, 0.25) is 0 Å². The number of benzene rings is 2. The minimum atomic E-state index is -1.15. The minimum Gasteiger partial charge on any atom is -0.386 e. The van der Waals surface area contributed by atoms with Crippen molar-refractivity contribution in [3.63, 3.8) is 0 Å². The van der Waals surface area contributed by atoms with Crippen molar-refractivity contribution in [1.29, 1.82) is 0 Å². The highest BCUT2D eigenvalue weighted by Crippen LogP contribution is 2.21. The molecule has 8 nitrogen and oxygen atoms in total. The molecule has 1 heterocycles. The van der Waals surface area contributed by atoms with Gasteiger partial charge in [0.25, 0.3) is 5.91 Å². The molecule has 0 saturated carbocycles. The van der Waals surface area contributed by atoms with E-state index in [9.17, 15) is 14.7 Å². The highest BCUT2D eigenvalue weighted by molar-refractivity contribution is 5.89. The molecule has 1 saturated heterocycles. The monoisotopic (exact) mass is 538 g/mol.